The van der Waals surface area contributed by atoms with Crippen LogP contribution >= 0.6 is 0 Å². The number of carbonyl (C=O) groups is 4. The van der Waals surface area contributed by atoms with Crippen LogP contribution in [0, 0.1) is 23.7 Å². The lowest BCUT2D eigenvalue weighted by Crippen LogP contribution is -2.50. The summed E-state index contributed by atoms with van der Waals surface area (Å²) in [5, 5.41) is 6.47. The lowest BCUT2D eigenvalue weighted by Gasteiger charge is -2.38. The number of rotatable bonds is 14. The maximum Gasteiger partial charge on any atom is 0.407 e. The smallest absolute Gasteiger partial charge is 0.407 e. The highest BCUT2D eigenvalue weighted by Gasteiger charge is 2.47. The number of carbonyl (C=O) groups excluding carboxylic acids is 4. The molecule has 3 atom stereocenters. The number of halogens is 1. The minimum atomic E-state index is -0.712. The van der Waals surface area contributed by atoms with E-state index in [9.17, 15) is 23.6 Å². The third-order valence-corrected chi connectivity index (χ3v) is 12.4. The van der Waals surface area contributed by atoms with E-state index in [0.29, 0.717) is 55.5 Å². The molecule has 3 amide bonds. The van der Waals surface area contributed by atoms with Crippen LogP contribution in [0.25, 0.3) is 11.0 Å². The Morgan fingerprint density at radius 1 is 0.930 bits per heavy atom. The number of amides is 3. The van der Waals surface area contributed by atoms with Gasteiger partial charge < -0.3 is 38.9 Å². The van der Waals surface area contributed by atoms with Crippen molar-refractivity contribution in [3.63, 3.8) is 0 Å². The molecule has 0 radical (unpaired) electrons. The molecule has 2 saturated carbocycles. The molecule has 4 aliphatic rings. The SMILES string of the molecule is CO[C@H]1CC[C@H]([C@@H]2CCN(C(=O)[C@H]3CC[C@H]([C@@H](CF)NC(=O)OC(C)(C)C)CC3)[C@@H]2C(=O)Nc2ccc3oc(C(=O)OCCCCN4CCOCC4)cc3c2)CC1. The maximum absolute atomic E-state index is 14.4. The molecule has 2 saturated heterocycles. The second-order valence-corrected chi connectivity index (χ2v) is 17.4. The standard InChI is InChI=1S/C43H63FN4O9/c1-43(2,3)57-42(52)46-35(27-44)29-7-9-30(10-8-29)40(50)48-19-17-34(28-11-14-33(53-4)15-12-28)38(48)39(49)45-32-13-16-36-31(25-32)26-37(56-36)41(51)55-22-6-5-18-47-20-23-54-24-21-47/h13,16,25-26,28-30,33-35,38H,5-12,14-15,17-24,27H2,1-4H3,(H,45,49)(H,46,52)/t28-,29-,30-,33-,34-,35+,38-/m0/s1. The van der Waals surface area contributed by atoms with E-state index in [2.05, 4.69) is 15.5 Å². The molecular formula is C43H63FN4O9. The lowest BCUT2D eigenvalue weighted by molar-refractivity contribution is -0.142. The zero-order valence-electron chi connectivity index (χ0n) is 34.2. The molecule has 0 unspecified atom stereocenters. The molecule has 316 valence electrons. The van der Waals surface area contributed by atoms with Crippen molar-refractivity contribution in [1.82, 2.24) is 15.1 Å². The predicted molar refractivity (Wildman–Crippen MR) is 213 cm³/mol. The Labute approximate surface area is 336 Å². The number of anilines is 1. The highest BCUT2D eigenvalue weighted by molar-refractivity contribution is 6.00. The van der Waals surface area contributed by atoms with Gasteiger partial charge >= 0.3 is 12.1 Å². The van der Waals surface area contributed by atoms with Gasteiger partial charge in [0.05, 0.1) is 32.0 Å². The monoisotopic (exact) mass is 798 g/mol. The summed E-state index contributed by atoms with van der Waals surface area (Å²) >= 11 is 0. The van der Waals surface area contributed by atoms with Crippen molar-refractivity contribution in [2.45, 2.75) is 115 Å². The van der Waals surface area contributed by atoms with Gasteiger partial charge in [-0.3, -0.25) is 14.5 Å². The average Bonchev–Trinajstić information content (AvgIpc) is 3.85. The normalized spacial score (nSPS) is 26.5. The molecule has 2 aliphatic heterocycles. The third-order valence-electron chi connectivity index (χ3n) is 12.4. The van der Waals surface area contributed by atoms with Crippen LogP contribution < -0.4 is 10.6 Å². The topological polar surface area (TPSA) is 149 Å². The van der Waals surface area contributed by atoms with E-state index < -0.39 is 36.4 Å². The van der Waals surface area contributed by atoms with E-state index in [1.165, 1.54) is 0 Å². The van der Waals surface area contributed by atoms with E-state index in [-0.39, 0.29) is 47.4 Å². The molecule has 1 aromatic carbocycles. The number of benzene rings is 1. The largest absolute Gasteiger partial charge is 0.460 e. The molecule has 4 fully saturated rings. The summed E-state index contributed by atoms with van der Waals surface area (Å²) < 4.78 is 41.8. The molecule has 6 rings (SSSR count). The van der Waals surface area contributed by atoms with Crippen LogP contribution in [-0.2, 0) is 28.5 Å². The van der Waals surface area contributed by atoms with Crippen LogP contribution in [0.4, 0.5) is 14.9 Å². The molecule has 14 heteroatoms. The van der Waals surface area contributed by atoms with Crippen molar-refractivity contribution < 1.29 is 46.9 Å². The number of fused-ring (bicyclic) bond motifs is 1. The van der Waals surface area contributed by atoms with Crippen molar-refractivity contribution in [3.8, 4) is 0 Å². The van der Waals surface area contributed by atoms with Gasteiger partial charge in [-0.25, -0.2) is 14.0 Å². The fraction of sp³-hybridized carbons (Fsp3) is 0.721. The molecule has 0 spiro atoms. The van der Waals surface area contributed by atoms with E-state index in [1.54, 1.807) is 57.0 Å². The number of unbranched alkanes of at least 4 members (excludes halogenated alkanes) is 1. The number of alkyl carbamates (subject to hydrolysis) is 1. The number of hydrogen-bond donors (Lipinski definition) is 2. The Balaban J connectivity index is 1.08. The van der Waals surface area contributed by atoms with Crippen LogP contribution in [-0.4, -0.2) is 117 Å². The minimum absolute atomic E-state index is 0.00457. The van der Waals surface area contributed by atoms with E-state index in [0.717, 1.165) is 77.8 Å². The zero-order valence-corrected chi connectivity index (χ0v) is 34.2. The van der Waals surface area contributed by atoms with Crippen LogP contribution in [0.5, 0.6) is 0 Å². The molecule has 3 heterocycles. The molecule has 2 aromatic rings. The molecule has 0 bridgehead atoms. The van der Waals surface area contributed by atoms with Crippen molar-refractivity contribution in [1.29, 1.82) is 0 Å². The molecule has 57 heavy (non-hydrogen) atoms. The van der Waals surface area contributed by atoms with Crippen LogP contribution in [0.1, 0.15) is 102 Å². The number of ether oxygens (including phenoxy) is 4. The number of methoxy groups -OCH3 is 1. The van der Waals surface area contributed by atoms with Gasteiger partial charge in [-0.2, -0.15) is 0 Å². The lowest BCUT2D eigenvalue weighted by atomic mass is 9.75. The van der Waals surface area contributed by atoms with Crippen molar-refractivity contribution >= 4 is 40.5 Å². The van der Waals surface area contributed by atoms with Crippen molar-refractivity contribution in [2.75, 3.05) is 65.1 Å². The summed E-state index contributed by atoms with van der Waals surface area (Å²) in [5.41, 5.74) is 0.362. The summed E-state index contributed by atoms with van der Waals surface area (Å²) in [6.07, 6.45) is 7.99. The number of morpholine rings is 1. The van der Waals surface area contributed by atoms with Crippen LogP contribution in [0.2, 0.25) is 0 Å². The number of likely N-dealkylation sites (tertiary alicyclic amines) is 1. The van der Waals surface area contributed by atoms with Gasteiger partial charge in [0.15, 0.2) is 0 Å². The van der Waals surface area contributed by atoms with Crippen molar-refractivity contribution in [3.05, 3.63) is 30.0 Å². The Hall–Kier alpha value is -3.75. The first-order chi connectivity index (χ1) is 27.4. The average molecular weight is 799 g/mol. The van der Waals surface area contributed by atoms with E-state index >= 15 is 0 Å². The number of nitrogens with zero attached hydrogens (tertiary/aromatic N) is 2. The van der Waals surface area contributed by atoms with Crippen molar-refractivity contribution in [2.24, 2.45) is 23.7 Å². The van der Waals surface area contributed by atoms with Gasteiger partial charge in [0.1, 0.15) is 23.9 Å². The van der Waals surface area contributed by atoms with Gasteiger partial charge in [-0.1, -0.05) is 0 Å². The van der Waals surface area contributed by atoms with Gasteiger partial charge in [0.2, 0.25) is 17.6 Å². The summed E-state index contributed by atoms with van der Waals surface area (Å²) in [4.78, 5) is 58.0. The first-order valence-electron chi connectivity index (χ1n) is 21.1. The number of furan rings is 1. The highest BCUT2D eigenvalue weighted by atomic mass is 19.1. The van der Waals surface area contributed by atoms with Gasteiger partial charge in [-0.15, -0.1) is 0 Å². The molecule has 2 N–H and O–H groups in total. The number of hydrogen-bond acceptors (Lipinski definition) is 10. The second-order valence-electron chi connectivity index (χ2n) is 17.4. The summed E-state index contributed by atoms with van der Waals surface area (Å²) in [6, 6.07) is 5.57. The quantitative estimate of drug-likeness (QED) is 0.156. The first-order valence-corrected chi connectivity index (χ1v) is 21.1. The number of nitrogens with one attached hydrogen (secondary N) is 2. The molecule has 13 nitrogen and oxygen atoms in total. The highest BCUT2D eigenvalue weighted by Crippen LogP contribution is 2.42. The molecule has 1 aromatic heterocycles. The number of esters is 1. The summed E-state index contributed by atoms with van der Waals surface area (Å²) in [7, 11) is 1.74. The second kappa shape index (κ2) is 19.8. The number of alkyl halides is 1. The van der Waals surface area contributed by atoms with E-state index in [4.69, 9.17) is 23.4 Å². The Morgan fingerprint density at radius 2 is 1.67 bits per heavy atom. The minimum Gasteiger partial charge on any atom is -0.460 e. The fourth-order valence-corrected chi connectivity index (χ4v) is 9.33. The Bertz CT molecular complexity index is 1660. The zero-order chi connectivity index (χ0) is 40.5. The third kappa shape index (κ3) is 11.5. The predicted octanol–water partition coefficient (Wildman–Crippen LogP) is 6.73. The van der Waals surface area contributed by atoms with Crippen LogP contribution in [0.15, 0.2) is 28.7 Å². The van der Waals surface area contributed by atoms with Gasteiger partial charge in [0.25, 0.3) is 0 Å². The maximum atomic E-state index is 14.4. The Morgan fingerprint density at radius 3 is 2.35 bits per heavy atom. The summed E-state index contributed by atoms with van der Waals surface area (Å²) in [6.45, 7) is 9.70. The van der Waals surface area contributed by atoms with Crippen LogP contribution in [0.3, 0.4) is 0 Å². The summed E-state index contributed by atoms with van der Waals surface area (Å²) in [5.74, 6) is -0.790. The molecule has 2 aliphatic carbocycles. The first kappa shape index (κ1) is 42.8. The fourth-order valence-electron chi connectivity index (χ4n) is 9.33. The molecular weight excluding hydrogens is 735 g/mol. The van der Waals surface area contributed by atoms with E-state index in [1.807, 2.05) is 0 Å². The Kier molecular flexibility index (Phi) is 14.9. The van der Waals surface area contributed by atoms with Gasteiger partial charge in [0, 0.05) is 43.7 Å². The van der Waals surface area contributed by atoms with Gasteiger partial charge in [-0.05, 0) is 140 Å².